The lowest BCUT2D eigenvalue weighted by molar-refractivity contribution is 0.156. The van der Waals surface area contributed by atoms with Gasteiger partial charge in [-0.3, -0.25) is 4.99 Å². The molecular formula is C15H22IN3OS. The molecule has 0 radical (unpaired) electrons. The third kappa shape index (κ3) is 3.71. The molecule has 1 aromatic rings. The molecule has 1 aromatic heterocycles. The lowest BCUT2D eigenvalue weighted by Crippen LogP contribution is -2.42. The summed E-state index contributed by atoms with van der Waals surface area (Å²) in [4.78, 5) is 8.28. The Morgan fingerprint density at radius 3 is 3.10 bits per heavy atom. The van der Waals surface area contributed by atoms with Crippen LogP contribution in [-0.4, -0.2) is 50.8 Å². The van der Waals surface area contributed by atoms with Crippen molar-refractivity contribution in [3.63, 3.8) is 0 Å². The molecule has 1 spiro atoms. The van der Waals surface area contributed by atoms with Crippen molar-refractivity contribution >= 4 is 39.9 Å². The second kappa shape index (κ2) is 6.83. The van der Waals surface area contributed by atoms with Gasteiger partial charge in [0, 0.05) is 43.6 Å². The van der Waals surface area contributed by atoms with Gasteiger partial charge in [0.1, 0.15) is 0 Å². The molecule has 0 amide bonds. The van der Waals surface area contributed by atoms with Gasteiger partial charge >= 0.3 is 0 Å². The Balaban J connectivity index is 1.49. The lowest BCUT2D eigenvalue weighted by Gasteiger charge is -2.24. The minimum atomic E-state index is 0.390. The molecule has 2 fully saturated rings. The molecule has 1 N–H and O–H groups in total. The van der Waals surface area contributed by atoms with Crippen LogP contribution in [0.5, 0.6) is 0 Å². The quantitative estimate of drug-likeness (QED) is 0.465. The number of halogens is 1. The summed E-state index contributed by atoms with van der Waals surface area (Å²) in [7, 11) is 1.88. The van der Waals surface area contributed by atoms with Gasteiger partial charge in [-0.15, -0.1) is 11.3 Å². The van der Waals surface area contributed by atoms with Gasteiger partial charge in [-0.05, 0) is 54.0 Å². The van der Waals surface area contributed by atoms with Crippen LogP contribution in [0.2, 0.25) is 0 Å². The third-order valence-corrected chi connectivity index (χ3v) is 6.37. The highest BCUT2D eigenvalue weighted by atomic mass is 127. The van der Waals surface area contributed by atoms with Crippen molar-refractivity contribution < 1.29 is 4.74 Å². The van der Waals surface area contributed by atoms with E-state index in [9.17, 15) is 0 Å². The van der Waals surface area contributed by atoms with Crippen molar-refractivity contribution in [1.29, 1.82) is 0 Å². The van der Waals surface area contributed by atoms with Crippen molar-refractivity contribution in [2.45, 2.75) is 19.3 Å². The molecule has 21 heavy (non-hydrogen) atoms. The highest BCUT2D eigenvalue weighted by molar-refractivity contribution is 14.1. The Morgan fingerprint density at radius 2 is 2.43 bits per heavy atom. The number of aliphatic imine (C=N–C) groups is 1. The Bertz CT molecular complexity index is 511. The summed E-state index contributed by atoms with van der Waals surface area (Å²) in [5.74, 6) is 1.05. The number of thiophene rings is 1. The van der Waals surface area contributed by atoms with Crippen LogP contribution >= 0.6 is 33.9 Å². The van der Waals surface area contributed by atoms with Gasteiger partial charge in [-0.2, -0.15) is 0 Å². The minimum Gasteiger partial charge on any atom is -0.381 e. The molecule has 2 aliphatic rings. The SMILES string of the molecule is CN=C(NCCc1ccc(I)s1)N1CCC2(CCOC2)C1. The second-order valence-corrected chi connectivity index (χ2v) is 8.97. The molecule has 6 heteroatoms. The summed E-state index contributed by atoms with van der Waals surface area (Å²) in [5.41, 5.74) is 0.390. The summed E-state index contributed by atoms with van der Waals surface area (Å²) in [6.07, 6.45) is 3.50. The first-order valence-electron chi connectivity index (χ1n) is 7.48. The van der Waals surface area contributed by atoms with E-state index in [1.165, 1.54) is 20.6 Å². The fourth-order valence-corrected chi connectivity index (χ4v) is 4.96. The maximum atomic E-state index is 5.60. The van der Waals surface area contributed by atoms with Crippen LogP contribution in [0.4, 0.5) is 0 Å². The van der Waals surface area contributed by atoms with Crippen LogP contribution in [0.1, 0.15) is 17.7 Å². The van der Waals surface area contributed by atoms with Crippen molar-refractivity contribution in [3.05, 3.63) is 19.9 Å². The molecule has 3 heterocycles. The van der Waals surface area contributed by atoms with E-state index in [-0.39, 0.29) is 0 Å². The molecule has 4 nitrogen and oxygen atoms in total. The number of hydrogen-bond acceptors (Lipinski definition) is 3. The van der Waals surface area contributed by atoms with Crippen LogP contribution in [0.25, 0.3) is 0 Å². The second-order valence-electron chi connectivity index (χ2n) is 5.90. The van der Waals surface area contributed by atoms with E-state index in [1.807, 2.05) is 18.4 Å². The number of guanidine groups is 1. The van der Waals surface area contributed by atoms with E-state index in [4.69, 9.17) is 4.74 Å². The molecule has 0 bridgehead atoms. The predicted molar refractivity (Wildman–Crippen MR) is 96.2 cm³/mol. The maximum absolute atomic E-state index is 5.60. The molecule has 0 aromatic carbocycles. The lowest BCUT2D eigenvalue weighted by atomic mass is 9.87. The first-order valence-corrected chi connectivity index (χ1v) is 9.38. The van der Waals surface area contributed by atoms with Crippen LogP contribution in [0.15, 0.2) is 17.1 Å². The number of likely N-dealkylation sites (tertiary alicyclic amines) is 1. The smallest absolute Gasteiger partial charge is 0.193 e. The molecule has 1 unspecified atom stereocenters. The van der Waals surface area contributed by atoms with Crippen LogP contribution in [0.3, 0.4) is 0 Å². The molecule has 3 rings (SSSR count). The van der Waals surface area contributed by atoms with Gasteiger partial charge in [0.2, 0.25) is 0 Å². The van der Waals surface area contributed by atoms with Crippen molar-refractivity contribution in [2.24, 2.45) is 10.4 Å². The largest absolute Gasteiger partial charge is 0.381 e. The topological polar surface area (TPSA) is 36.9 Å². The van der Waals surface area contributed by atoms with Crippen LogP contribution < -0.4 is 5.32 Å². The number of nitrogens with zero attached hydrogens (tertiary/aromatic N) is 2. The Morgan fingerprint density at radius 1 is 1.52 bits per heavy atom. The summed E-state index contributed by atoms with van der Waals surface area (Å²) in [5, 5.41) is 3.51. The fraction of sp³-hybridized carbons (Fsp3) is 0.667. The van der Waals surface area contributed by atoms with Gasteiger partial charge in [0.25, 0.3) is 0 Å². The zero-order chi connectivity index (χ0) is 14.7. The molecular weight excluding hydrogens is 397 g/mol. The summed E-state index contributed by atoms with van der Waals surface area (Å²) in [6, 6.07) is 4.40. The highest BCUT2D eigenvalue weighted by Gasteiger charge is 2.42. The third-order valence-electron chi connectivity index (χ3n) is 4.42. The molecule has 2 saturated heterocycles. The first kappa shape index (κ1) is 15.6. The number of nitrogens with one attached hydrogen (secondary N) is 1. The van der Waals surface area contributed by atoms with E-state index >= 15 is 0 Å². The zero-order valence-corrected chi connectivity index (χ0v) is 15.4. The maximum Gasteiger partial charge on any atom is 0.193 e. The standard InChI is InChI=1S/C15H22IN3OS/c1-17-14(18-7-4-12-2-3-13(16)21-12)19-8-5-15(10-19)6-9-20-11-15/h2-3H,4-11H2,1H3,(H,17,18). The summed E-state index contributed by atoms with van der Waals surface area (Å²) in [6.45, 7) is 4.98. The van der Waals surface area contributed by atoms with Crippen LogP contribution in [-0.2, 0) is 11.2 Å². The monoisotopic (exact) mass is 419 g/mol. The van der Waals surface area contributed by atoms with E-state index in [0.717, 1.165) is 45.2 Å². The Labute approximate surface area is 144 Å². The summed E-state index contributed by atoms with van der Waals surface area (Å²) >= 11 is 4.25. The van der Waals surface area contributed by atoms with E-state index in [0.29, 0.717) is 5.41 Å². The number of ether oxygens (including phenoxy) is 1. The average Bonchev–Trinajstić information content (AvgIpc) is 3.19. The molecule has 0 saturated carbocycles. The van der Waals surface area contributed by atoms with Gasteiger partial charge in [-0.1, -0.05) is 0 Å². The normalized spacial score (nSPS) is 26.0. The van der Waals surface area contributed by atoms with Gasteiger partial charge in [0.05, 0.1) is 9.49 Å². The van der Waals surface area contributed by atoms with E-state index < -0.39 is 0 Å². The van der Waals surface area contributed by atoms with Crippen molar-refractivity contribution in [3.8, 4) is 0 Å². The highest BCUT2D eigenvalue weighted by Crippen LogP contribution is 2.38. The number of rotatable bonds is 3. The fourth-order valence-electron chi connectivity index (χ4n) is 3.20. The van der Waals surface area contributed by atoms with Crippen molar-refractivity contribution in [1.82, 2.24) is 10.2 Å². The Hall–Kier alpha value is -0.340. The molecule has 0 aliphatic carbocycles. The minimum absolute atomic E-state index is 0.390. The summed E-state index contributed by atoms with van der Waals surface area (Å²) < 4.78 is 6.96. The van der Waals surface area contributed by atoms with Crippen LogP contribution in [0, 0.1) is 8.30 Å². The molecule has 1 atom stereocenters. The predicted octanol–water partition coefficient (Wildman–Crippen LogP) is 2.58. The number of hydrogen-bond donors (Lipinski definition) is 1. The molecule has 2 aliphatic heterocycles. The average molecular weight is 419 g/mol. The Kier molecular flexibility index (Phi) is 5.06. The van der Waals surface area contributed by atoms with Gasteiger partial charge in [-0.25, -0.2) is 0 Å². The van der Waals surface area contributed by atoms with Gasteiger partial charge < -0.3 is 15.0 Å². The zero-order valence-electron chi connectivity index (χ0n) is 12.4. The first-order chi connectivity index (χ1) is 10.2. The van der Waals surface area contributed by atoms with Crippen molar-refractivity contribution in [2.75, 3.05) is 39.9 Å². The van der Waals surface area contributed by atoms with E-state index in [2.05, 4.69) is 49.9 Å². The molecule has 116 valence electrons. The van der Waals surface area contributed by atoms with Gasteiger partial charge in [0.15, 0.2) is 5.96 Å². The van der Waals surface area contributed by atoms with E-state index in [1.54, 1.807) is 0 Å².